The maximum atomic E-state index is 13.7. The Morgan fingerprint density at radius 3 is 2.41 bits per heavy atom. The van der Waals surface area contributed by atoms with Gasteiger partial charge in [0.2, 0.25) is 11.8 Å². The van der Waals surface area contributed by atoms with Crippen LogP contribution in [-0.2, 0) is 20.8 Å². The highest BCUT2D eigenvalue weighted by Gasteiger charge is 2.49. The van der Waals surface area contributed by atoms with E-state index in [1.54, 1.807) is 47.4 Å². The molecule has 39 heavy (non-hydrogen) atoms. The quantitative estimate of drug-likeness (QED) is 0.309. The standard InChI is InChI=1S/C30H26N4O5/c1-16(27(35)33-24(30(38)39)17-9-3-2-4-10-17)31-28(36)23-15-21-18-11-7-8-14-22(18)32-25(21)26-19-12-5-6-13-20(19)29(37)34(23)26/h2-14,16,23-24,26,32H,15H2,1H3,(H,31,36)(H,33,35)(H,38,39). The lowest BCUT2D eigenvalue weighted by molar-refractivity contribution is -0.142. The van der Waals surface area contributed by atoms with Gasteiger partial charge >= 0.3 is 5.97 Å². The molecule has 4 N–H and O–H groups in total. The number of nitrogens with zero attached hydrogens (tertiary/aromatic N) is 1. The highest BCUT2D eigenvalue weighted by Crippen LogP contribution is 2.46. The Hall–Kier alpha value is -4.92. The Morgan fingerprint density at radius 1 is 0.949 bits per heavy atom. The second kappa shape index (κ2) is 9.43. The van der Waals surface area contributed by atoms with Crippen molar-refractivity contribution < 1.29 is 24.3 Å². The molecule has 6 rings (SSSR count). The van der Waals surface area contributed by atoms with E-state index in [1.807, 2.05) is 36.4 Å². The van der Waals surface area contributed by atoms with Gasteiger partial charge in [-0.05, 0) is 35.7 Å². The number of carbonyl (C=O) groups is 4. The van der Waals surface area contributed by atoms with Crippen molar-refractivity contribution in [1.29, 1.82) is 0 Å². The Balaban J connectivity index is 1.29. The molecule has 9 heteroatoms. The number of carbonyl (C=O) groups excluding carboxylic acids is 3. The van der Waals surface area contributed by atoms with Crippen LogP contribution in [0.1, 0.15) is 51.7 Å². The van der Waals surface area contributed by atoms with E-state index in [2.05, 4.69) is 15.6 Å². The van der Waals surface area contributed by atoms with Crippen LogP contribution in [-0.4, -0.2) is 50.8 Å². The molecule has 2 aliphatic rings. The fraction of sp³-hybridized carbons (Fsp3) is 0.200. The zero-order chi connectivity index (χ0) is 27.3. The molecule has 4 aromatic rings. The van der Waals surface area contributed by atoms with Gasteiger partial charge in [0.15, 0.2) is 6.04 Å². The Kier molecular flexibility index (Phi) is 5.91. The number of para-hydroxylation sites is 1. The second-order valence-electron chi connectivity index (χ2n) is 9.91. The maximum Gasteiger partial charge on any atom is 0.330 e. The Bertz CT molecular complexity index is 1630. The van der Waals surface area contributed by atoms with Gasteiger partial charge in [0.25, 0.3) is 5.91 Å². The molecule has 0 spiro atoms. The van der Waals surface area contributed by atoms with E-state index in [9.17, 15) is 24.3 Å². The number of fused-ring (bicyclic) bond motifs is 7. The van der Waals surface area contributed by atoms with E-state index < -0.39 is 42.0 Å². The molecule has 0 saturated carbocycles. The lowest BCUT2D eigenvalue weighted by Gasteiger charge is -2.37. The number of benzene rings is 3. The van der Waals surface area contributed by atoms with E-state index in [0.29, 0.717) is 11.1 Å². The third-order valence-corrected chi connectivity index (χ3v) is 7.57. The van der Waals surface area contributed by atoms with Crippen LogP contribution in [0.3, 0.4) is 0 Å². The zero-order valence-corrected chi connectivity index (χ0v) is 21.0. The minimum absolute atomic E-state index is 0.243. The van der Waals surface area contributed by atoms with Crippen LogP contribution in [0, 0.1) is 0 Å². The van der Waals surface area contributed by atoms with Crippen LogP contribution in [0.5, 0.6) is 0 Å². The number of carboxylic acid groups (broad SMARTS) is 1. The van der Waals surface area contributed by atoms with Crippen molar-refractivity contribution in [3.63, 3.8) is 0 Å². The first-order chi connectivity index (χ1) is 18.8. The summed E-state index contributed by atoms with van der Waals surface area (Å²) in [6, 6.07) is 19.9. The van der Waals surface area contributed by atoms with E-state index in [4.69, 9.17) is 0 Å². The number of aliphatic carboxylic acids is 1. The van der Waals surface area contributed by atoms with E-state index in [1.165, 1.54) is 6.92 Å². The van der Waals surface area contributed by atoms with Crippen LogP contribution < -0.4 is 10.6 Å². The third kappa shape index (κ3) is 4.03. The van der Waals surface area contributed by atoms with Gasteiger partial charge in [-0.3, -0.25) is 14.4 Å². The molecule has 9 nitrogen and oxygen atoms in total. The first-order valence-electron chi connectivity index (χ1n) is 12.7. The van der Waals surface area contributed by atoms with Gasteiger partial charge in [0.1, 0.15) is 12.1 Å². The molecule has 0 fully saturated rings. The van der Waals surface area contributed by atoms with Crippen molar-refractivity contribution in [2.75, 3.05) is 0 Å². The summed E-state index contributed by atoms with van der Waals surface area (Å²) in [5.41, 5.74) is 4.56. The fourth-order valence-corrected chi connectivity index (χ4v) is 5.71. The van der Waals surface area contributed by atoms with Gasteiger partial charge in [-0.15, -0.1) is 0 Å². The van der Waals surface area contributed by atoms with Crippen molar-refractivity contribution in [2.45, 2.75) is 37.5 Å². The summed E-state index contributed by atoms with van der Waals surface area (Å²) in [7, 11) is 0. The Morgan fingerprint density at radius 2 is 1.64 bits per heavy atom. The predicted molar refractivity (Wildman–Crippen MR) is 143 cm³/mol. The predicted octanol–water partition coefficient (Wildman–Crippen LogP) is 3.08. The summed E-state index contributed by atoms with van der Waals surface area (Å²) in [5, 5.41) is 15.9. The molecular formula is C30H26N4O5. The Labute approximate surface area is 223 Å². The number of hydrogen-bond donors (Lipinski definition) is 4. The molecule has 3 aromatic carbocycles. The van der Waals surface area contributed by atoms with Crippen LogP contribution in [0.2, 0.25) is 0 Å². The van der Waals surface area contributed by atoms with Crippen molar-refractivity contribution in [2.24, 2.45) is 0 Å². The number of H-pyrrole nitrogens is 1. The van der Waals surface area contributed by atoms with E-state index in [0.717, 1.165) is 27.7 Å². The maximum absolute atomic E-state index is 13.7. The van der Waals surface area contributed by atoms with Crippen molar-refractivity contribution in [1.82, 2.24) is 20.5 Å². The molecule has 0 saturated heterocycles. The molecule has 3 amide bonds. The second-order valence-corrected chi connectivity index (χ2v) is 9.91. The molecule has 0 bridgehead atoms. The molecule has 4 atom stereocenters. The number of aromatic nitrogens is 1. The summed E-state index contributed by atoms with van der Waals surface area (Å²) in [4.78, 5) is 57.1. The largest absolute Gasteiger partial charge is 0.479 e. The third-order valence-electron chi connectivity index (χ3n) is 7.57. The van der Waals surface area contributed by atoms with Gasteiger partial charge in [0, 0.05) is 28.6 Å². The molecular weight excluding hydrogens is 496 g/mol. The van der Waals surface area contributed by atoms with Crippen molar-refractivity contribution >= 4 is 34.6 Å². The van der Waals surface area contributed by atoms with E-state index in [-0.39, 0.29) is 12.3 Å². The molecule has 3 heterocycles. The average molecular weight is 523 g/mol. The molecule has 1 aromatic heterocycles. The summed E-state index contributed by atoms with van der Waals surface area (Å²) >= 11 is 0. The van der Waals surface area contributed by atoms with Gasteiger partial charge < -0.3 is 25.6 Å². The summed E-state index contributed by atoms with van der Waals surface area (Å²) in [6.07, 6.45) is 0.275. The minimum Gasteiger partial charge on any atom is -0.479 e. The average Bonchev–Trinajstić information content (AvgIpc) is 3.47. The highest BCUT2D eigenvalue weighted by atomic mass is 16.4. The first kappa shape index (κ1) is 24.4. The van der Waals surface area contributed by atoms with Crippen LogP contribution in [0.4, 0.5) is 0 Å². The first-order valence-corrected chi connectivity index (χ1v) is 12.7. The summed E-state index contributed by atoms with van der Waals surface area (Å²) < 4.78 is 0. The smallest absolute Gasteiger partial charge is 0.330 e. The number of rotatable bonds is 6. The number of amides is 3. The van der Waals surface area contributed by atoms with Gasteiger partial charge in [0.05, 0.1) is 6.04 Å². The van der Waals surface area contributed by atoms with Crippen molar-refractivity contribution in [3.05, 3.63) is 107 Å². The molecule has 4 unspecified atom stereocenters. The van der Waals surface area contributed by atoms with Crippen LogP contribution >= 0.6 is 0 Å². The molecule has 196 valence electrons. The SMILES string of the molecule is CC(NC(=O)C1Cc2c([nH]c3ccccc23)C2c3ccccc3C(=O)N12)C(=O)NC(C(=O)O)c1ccccc1. The molecule has 0 aliphatic carbocycles. The van der Waals surface area contributed by atoms with E-state index >= 15 is 0 Å². The van der Waals surface area contributed by atoms with Gasteiger partial charge in [-0.2, -0.15) is 0 Å². The number of aromatic amines is 1. The van der Waals surface area contributed by atoms with Crippen molar-refractivity contribution in [3.8, 4) is 0 Å². The monoisotopic (exact) mass is 522 g/mol. The summed E-state index contributed by atoms with van der Waals surface area (Å²) in [6.45, 7) is 1.50. The molecule has 2 aliphatic heterocycles. The molecule has 0 radical (unpaired) electrons. The lowest BCUT2D eigenvalue weighted by Crippen LogP contribution is -2.56. The lowest BCUT2D eigenvalue weighted by atomic mass is 9.90. The normalized spacial score (nSPS) is 19.0. The van der Waals surface area contributed by atoms with Gasteiger partial charge in [-0.1, -0.05) is 66.7 Å². The van der Waals surface area contributed by atoms with Crippen LogP contribution in [0.25, 0.3) is 10.9 Å². The highest BCUT2D eigenvalue weighted by molar-refractivity contribution is 6.04. The van der Waals surface area contributed by atoms with Crippen LogP contribution in [0.15, 0.2) is 78.9 Å². The minimum atomic E-state index is -1.26. The number of carboxylic acids is 1. The topological polar surface area (TPSA) is 132 Å². The van der Waals surface area contributed by atoms with Gasteiger partial charge in [-0.25, -0.2) is 4.79 Å². The zero-order valence-electron chi connectivity index (χ0n) is 21.0. The number of hydrogen-bond acceptors (Lipinski definition) is 4. The summed E-state index contributed by atoms with van der Waals surface area (Å²) in [5.74, 6) is -2.58. The number of nitrogens with one attached hydrogen (secondary N) is 3. The fourth-order valence-electron chi connectivity index (χ4n) is 5.71.